The third kappa shape index (κ3) is 4.26. The van der Waals surface area contributed by atoms with E-state index in [4.69, 9.17) is 4.74 Å². The highest BCUT2D eigenvalue weighted by Crippen LogP contribution is 2.24. The molecule has 1 aliphatic heterocycles. The molecule has 0 aliphatic carbocycles. The third-order valence-corrected chi connectivity index (χ3v) is 4.54. The quantitative estimate of drug-likeness (QED) is 0.923. The number of likely N-dealkylation sites (tertiary alicyclic amines) is 1. The van der Waals surface area contributed by atoms with Gasteiger partial charge in [-0.2, -0.15) is 0 Å². The van der Waals surface area contributed by atoms with Gasteiger partial charge in [0, 0.05) is 30.8 Å². The lowest BCUT2D eigenvalue weighted by Crippen LogP contribution is -2.40. The average Bonchev–Trinajstić information content (AvgIpc) is 2.61. The number of aromatic nitrogens is 2. The standard InChI is InChI=1S/C19H23N3O3/c1-13-9-17(23)21-19(20-13)15-6-4-8-22(12-15)18(24)11-14-5-3-7-16(10-14)25-2/h3,5,7,9-10,15H,4,6,8,11-12H2,1-2H3,(H,20,21,23). The molecule has 0 spiro atoms. The van der Waals surface area contributed by atoms with Crippen molar-refractivity contribution in [3.05, 3.63) is 57.8 Å². The summed E-state index contributed by atoms with van der Waals surface area (Å²) in [6.07, 6.45) is 2.18. The fourth-order valence-electron chi connectivity index (χ4n) is 3.29. The highest BCUT2D eigenvalue weighted by atomic mass is 16.5. The number of aryl methyl sites for hydroxylation is 1. The fourth-order valence-corrected chi connectivity index (χ4v) is 3.29. The predicted octanol–water partition coefficient (Wildman–Crippen LogP) is 2.04. The number of nitrogens with zero attached hydrogens (tertiary/aromatic N) is 2. The van der Waals surface area contributed by atoms with Crippen LogP contribution in [0.15, 0.2) is 35.1 Å². The summed E-state index contributed by atoms with van der Waals surface area (Å²) in [5.41, 5.74) is 1.51. The Hall–Kier alpha value is -2.63. The molecule has 1 saturated heterocycles. The van der Waals surface area contributed by atoms with Gasteiger partial charge in [0.2, 0.25) is 5.91 Å². The Morgan fingerprint density at radius 3 is 3.00 bits per heavy atom. The van der Waals surface area contributed by atoms with Crippen molar-refractivity contribution in [2.24, 2.45) is 0 Å². The minimum Gasteiger partial charge on any atom is -0.497 e. The van der Waals surface area contributed by atoms with Crippen LogP contribution in [0.1, 0.15) is 35.8 Å². The smallest absolute Gasteiger partial charge is 0.251 e. The summed E-state index contributed by atoms with van der Waals surface area (Å²) < 4.78 is 5.21. The first-order chi connectivity index (χ1) is 12.0. The van der Waals surface area contributed by atoms with Crippen LogP contribution >= 0.6 is 0 Å². The first kappa shape index (κ1) is 17.2. The molecule has 25 heavy (non-hydrogen) atoms. The zero-order valence-electron chi connectivity index (χ0n) is 14.6. The van der Waals surface area contributed by atoms with Crippen LogP contribution in [-0.4, -0.2) is 41.0 Å². The van der Waals surface area contributed by atoms with Crippen LogP contribution < -0.4 is 10.3 Å². The molecule has 1 amide bonds. The summed E-state index contributed by atoms with van der Waals surface area (Å²) in [5.74, 6) is 1.61. The number of rotatable bonds is 4. The highest BCUT2D eigenvalue weighted by Gasteiger charge is 2.26. The topological polar surface area (TPSA) is 75.3 Å². The van der Waals surface area contributed by atoms with Crippen molar-refractivity contribution < 1.29 is 9.53 Å². The Balaban J connectivity index is 1.70. The number of amides is 1. The lowest BCUT2D eigenvalue weighted by molar-refractivity contribution is -0.131. The van der Waals surface area contributed by atoms with Crippen LogP contribution in [0.25, 0.3) is 0 Å². The summed E-state index contributed by atoms with van der Waals surface area (Å²) in [6, 6.07) is 9.06. The molecule has 6 heteroatoms. The van der Waals surface area contributed by atoms with Crippen LogP contribution in [0.5, 0.6) is 5.75 Å². The summed E-state index contributed by atoms with van der Waals surface area (Å²) in [4.78, 5) is 33.5. The van der Waals surface area contributed by atoms with Gasteiger partial charge in [0.15, 0.2) is 0 Å². The monoisotopic (exact) mass is 341 g/mol. The summed E-state index contributed by atoms with van der Waals surface area (Å²) in [7, 11) is 1.62. The number of carbonyl (C=O) groups excluding carboxylic acids is 1. The highest BCUT2D eigenvalue weighted by molar-refractivity contribution is 5.79. The van der Waals surface area contributed by atoms with Crippen molar-refractivity contribution in [1.29, 1.82) is 0 Å². The number of methoxy groups -OCH3 is 1. The Bertz CT molecular complexity index is 816. The molecule has 2 heterocycles. The van der Waals surface area contributed by atoms with Crippen molar-refractivity contribution in [3.63, 3.8) is 0 Å². The number of carbonyl (C=O) groups is 1. The number of aromatic amines is 1. The Morgan fingerprint density at radius 2 is 2.24 bits per heavy atom. The van der Waals surface area contributed by atoms with Crippen molar-refractivity contribution in [2.45, 2.75) is 32.1 Å². The Morgan fingerprint density at radius 1 is 1.40 bits per heavy atom. The van der Waals surface area contributed by atoms with E-state index in [2.05, 4.69) is 9.97 Å². The first-order valence-corrected chi connectivity index (χ1v) is 8.53. The molecule has 3 rings (SSSR count). The van der Waals surface area contributed by atoms with Crippen molar-refractivity contribution in [3.8, 4) is 5.75 Å². The van der Waals surface area contributed by atoms with Gasteiger partial charge in [0.05, 0.1) is 13.5 Å². The Kier molecular flexibility index (Phi) is 5.16. The Labute approximate surface area is 146 Å². The van der Waals surface area contributed by atoms with E-state index in [0.717, 1.165) is 30.7 Å². The molecule has 1 N–H and O–H groups in total. The number of ether oxygens (including phenoxy) is 1. The SMILES string of the molecule is COc1cccc(CC(=O)N2CCCC(c3nc(C)cc(=O)[nH]3)C2)c1. The molecule has 2 aromatic rings. The summed E-state index contributed by atoms with van der Waals surface area (Å²) >= 11 is 0. The number of hydrogen-bond acceptors (Lipinski definition) is 4. The van der Waals surface area contributed by atoms with Gasteiger partial charge in [0.25, 0.3) is 5.56 Å². The summed E-state index contributed by atoms with van der Waals surface area (Å²) in [5, 5.41) is 0. The third-order valence-electron chi connectivity index (χ3n) is 4.54. The maximum atomic E-state index is 12.7. The second-order valence-electron chi connectivity index (χ2n) is 6.48. The summed E-state index contributed by atoms with van der Waals surface area (Å²) in [6.45, 7) is 3.15. The largest absolute Gasteiger partial charge is 0.497 e. The van der Waals surface area contributed by atoms with E-state index in [1.165, 1.54) is 6.07 Å². The van der Waals surface area contributed by atoms with Gasteiger partial charge in [-0.1, -0.05) is 12.1 Å². The number of hydrogen-bond donors (Lipinski definition) is 1. The molecule has 1 aliphatic rings. The van der Waals surface area contributed by atoms with E-state index < -0.39 is 0 Å². The van der Waals surface area contributed by atoms with Gasteiger partial charge in [-0.15, -0.1) is 0 Å². The first-order valence-electron chi connectivity index (χ1n) is 8.53. The van der Waals surface area contributed by atoms with E-state index in [9.17, 15) is 9.59 Å². The maximum Gasteiger partial charge on any atom is 0.251 e. The van der Waals surface area contributed by atoms with E-state index in [-0.39, 0.29) is 17.4 Å². The van der Waals surface area contributed by atoms with Gasteiger partial charge >= 0.3 is 0 Å². The van der Waals surface area contributed by atoms with E-state index in [0.29, 0.717) is 24.5 Å². The second-order valence-corrected chi connectivity index (χ2v) is 6.48. The van der Waals surface area contributed by atoms with Crippen LogP contribution in [0.2, 0.25) is 0 Å². The van der Waals surface area contributed by atoms with Crippen LogP contribution in [0.4, 0.5) is 0 Å². The van der Waals surface area contributed by atoms with Crippen LogP contribution in [0.3, 0.4) is 0 Å². The lowest BCUT2D eigenvalue weighted by Gasteiger charge is -2.32. The minimum absolute atomic E-state index is 0.0793. The molecule has 0 saturated carbocycles. The number of benzene rings is 1. The molecule has 1 fully saturated rings. The predicted molar refractivity (Wildman–Crippen MR) is 94.8 cm³/mol. The van der Waals surface area contributed by atoms with Gasteiger partial charge < -0.3 is 14.6 Å². The number of piperidine rings is 1. The van der Waals surface area contributed by atoms with E-state index in [1.54, 1.807) is 7.11 Å². The van der Waals surface area contributed by atoms with Gasteiger partial charge in [-0.05, 0) is 37.5 Å². The van der Waals surface area contributed by atoms with E-state index in [1.807, 2.05) is 36.1 Å². The maximum absolute atomic E-state index is 12.7. The van der Waals surface area contributed by atoms with Crippen LogP contribution in [0, 0.1) is 6.92 Å². The van der Waals surface area contributed by atoms with Crippen molar-refractivity contribution in [1.82, 2.24) is 14.9 Å². The number of nitrogens with one attached hydrogen (secondary N) is 1. The van der Waals surface area contributed by atoms with Gasteiger partial charge in [-0.25, -0.2) is 4.98 Å². The zero-order valence-corrected chi connectivity index (χ0v) is 14.6. The lowest BCUT2D eigenvalue weighted by atomic mass is 9.96. The zero-order chi connectivity index (χ0) is 17.8. The average molecular weight is 341 g/mol. The molecule has 132 valence electrons. The molecule has 6 nitrogen and oxygen atoms in total. The van der Waals surface area contributed by atoms with Crippen LogP contribution in [-0.2, 0) is 11.2 Å². The van der Waals surface area contributed by atoms with Gasteiger partial charge in [0.1, 0.15) is 11.6 Å². The molecular weight excluding hydrogens is 318 g/mol. The molecule has 1 aromatic carbocycles. The molecular formula is C19H23N3O3. The van der Waals surface area contributed by atoms with E-state index >= 15 is 0 Å². The normalized spacial score (nSPS) is 17.4. The molecule has 0 bridgehead atoms. The molecule has 1 unspecified atom stereocenters. The molecule has 1 aromatic heterocycles. The minimum atomic E-state index is -0.137. The van der Waals surface area contributed by atoms with Crippen molar-refractivity contribution >= 4 is 5.91 Å². The van der Waals surface area contributed by atoms with Gasteiger partial charge in [-0.3, -0.25) is 9.59 Å². The van der Waals surface area contributed by atoms with Crippen molar-refractivity contribution in [2.75, 3.05) is 20.2 Å². The molecule has 0 radical (unpaired) electrons. The fraction of sp³-hybridized carbons (Fsp3) is 0.421. The number of H-pyrrole nitrogens is 1. The molecule has 1 atom stereocenters. The second kappa shape index (κ2) is 7.51.